The molecule has 1 N–H and O–H groups in total. The first-order chi connectivity index (χ1) is 19.7. The molecular weight excluding hydrogens is 545 g/mol. The lowest BCUT2D eigenvalue weighted by atomic mass is 10.0. The van der Waals surface area contributed by atoms with E-state index in [2.05, 4.69) is 37.1 Å². The van der Waals surface area contributed by atoms with Crippen LogP contribution in [0.1, 0.15) is 29.3 Å². The minimum absolute atomic E-state index is 0.00555. The number of carbonyl (C=O) groups is 2. The van der Waals surface area contributed by atoms with Gasteiger partial charge in [0.15, 0.2) is 17.1 Å². The number of benzene rings is 2. The third kappa shape index (κ3) is 5.33. The van der Waals surface area contributed by atoms with Crippen molar-refractivity contribution in [2.24, 2.45) is 5.10 Å². The maximum absolute atomic E-state index is 13.3. The zero-order valence-electron chi connectivity index (χ0n) is 20.8. The monoisotopic (exact) mass is 562 g/mol. The zero-order chi connectivity index (χ0) is 28.6. The molecule has 0 aliphatic carbocycles. The van der Waals surface area contributed by atoms with E-state index in [1.54, 1.807) is 71.5 Å². The second-order valence-corrected chi connectivity index (χ2v) is 8.76. The molecule has 2 aliphatic heterocycles. The highest BCUT2D eigenvalue weighted by molar-refractivity contribution is 5.96. The van der Waals surface area contributed by atoms with Gasteiger partial charge in [-0.15, -0.1) is 5.10 Å². The molecule has 14 heteroatoms. The van der Waals surface area contributed by atoms with Crippen LogP contribution in [0, 0.1) is 11.8 Å². The molecule has 1 unspecified atom stereocenters. The lowest BCUT2D eigenvalue weighted by Gasteiger charge is -2.22. The Balaban J connectivity index is 1.24. The van der Waals surface area contributed by atoms with E-state index >= 15 is 0 Å². The van der Waals surface area contributed by atoms with E-state index in [9.17, 15) is 22.8 Å². The number of fused-ring (bicyclic) bond motifs is 2. The normalized spacial score (nSPS) is 15.7. The Bertz CT molecular complexity index is 1770. The molecule has 2 aromatic carbocycles. The second kappa shape index (κ2) is 10.2. The number of urea groups is 1. The van der Waals surface area contributed by atoms with E-state index < -0.39 is 30.1 Å². The maximum Gasteiger partial charge on any atom is 0.491 e. The van der Waals surface area contributed by atoms with Gasteiger partial charge in [-0.05, 0) is 53.9 Å². The Morgan fingerprint density at radius 2 is 1.90 bits per heavy atom. The molecular formula is C27H17F3N6O5. The summed E-state index contributed by atoms with van der Waals surface area (Å²) in [6, 6.07) is 13.3. The number of aromatic nitrogens is 3. The minimum Gasteiger partial charge on any atom is -0.454 e. The average molecular weight is 562 g/mol. The highest BCUT2D eigenvalue weighted by atomic mass is 19.4. The van der Waals surface area contributed by atoms with Crippen LogP contribution >= 0.6 is 0 Å². The van der Waals surface area contributed by atoms with Gasteiger partial charge in [-0.2, -0.15) is 18.3 Å². The number of hydrogen-bond acceptors (Lipinski definition) is 8. The number of amides is 2. The predicted octanol–water partition coefficient (Wildman–Crippen LogP) is 4.26. The van der Waals surface area contributed by atoms with Gasteiger partial charge in [0.1, 0.15) is 5.69 Å². The minimum atomic E-state index is -5.23. The molecule has 0 fully saturated rings. The predicted molar refractivity (Wildman–Crippen MR) is 136 cm³/mol. The number of halogens is 3. The Labute approximate surface area is 229 Å². The highest BCUT2D eigenvalue weighted by Crippen LogP contribution is 2.39. The van der Waals surface area contributed by atoms with Crippen LogP contribution in [-0.2, 0) is 9.53 Å². The fourth-order valence-corrected chi connectivity index (χ4v) is 4.18. The summed E-state index contributed by atoms with van der Waals surface area (Å²) in [6.07, 6.45) is -2.31. The van der Waals surface area contributed by atoms with Crippen LogP contribution < -0.4 is 14.8 Å². The molecule has 0 radical (unpaired) electrons. The summed E-state index contributed by atoms with van der Waals surface area (Å²) in [6.45, 7) is 0.00555. The number of hydrazone groups is 1. The van der Waals surface area contributed by atoms with Crippen LogP contribution in [0.15, 0.2) is 72.1 Å². The smallest absolute Gasteiger partial charge is 0.454 e. The third-order valence-corrected chi connectivity index (χ3v) is 6.04. The van der Waals surface area contributed by atoms with Gasteiger partial charge in [0, 0.05) is 17.4 Å². The summed E-state index contributed by atoms with van der Waals surface area (Å²) in [7, 11) is 0. The molecule has 4 aromatic rings. The number of nitrogens with zero attached hydrogens (tertiary/aromatic N) is 5. The van der Waals surface area contributed by atoms with E-state index in [0.717, 1.165) is 5.01 Å². The fraction of sp³-hybridized carbons (Fsp3) is 0.148. The topological polar surface area (TPSA) is 120 Å². The van der Waals surface area contributed by atoms with Crippen LogP contribution in [0.5, 0.6) is 11.5 Å². The van der Waals surface area contributed by atoms with Crippen molar-refractivity contribution >= 4 is 29.2 Å². The van der Waals surface area contributed by atoms with E-state index in [1.165, 1.54) is 0 Å². The number of rotatable bonds is 2. The quantitative estimate of drug-likeness (QED) is 0.287. The average Bonchev–Trinajstić information content (AvgIpc) is 3.69. The van der Waals surface area contributed by atoms with E-state index in [-0.39, 0.29) is 13.2 Å². The van der Waals surface area contributed by atoms with Crippen molar-refractivity contribution in [1.82, 2.24) is 19.6 Å². The van der Waals surface area contributed by atoms with Crippen LogP contribution in [0.4, 0.5) is 23.7 Å². The summed E-state index contributed by atoms with van der Waals surface area (Å²) < 4.78 is 55.1. The molecule has 11 nitrogen and oxygen atoms in total. The SMILES string of the molecule is O=C(Nc1cccc(C#Cc2cnc3cccnn23)c1)N1N=C(OC(=O)C(F)(F)F)CC1c1ccc2c(c1)OCO2. The number of carbonyl (C=O) groups excluding carboxylic acids is 2. The van der Waals surface area contributed by atoms with Crippen molar-refractivity contribution in [1.29, 1.82) is 0 Å². The second-order valence-electron chi connectivity index (χ2n) is 8.76. The van der Waals surface area contributed by atoms with Crippen LogP contribution in [0.2, 0.25) is 0 Å². The van der Waals surface area contributed by atoms with Gasteiger partial charge >= 0.3 is 18.2 Å². The van der Waals surface area contributed by atoms with Gasteiger partial charge in [-0.25, -0.2) is 24.1 Å². The van der Waals surface area contributed by atoms with Gasteiger partial charge in [0.2, 0.25) is 12.7 Å². The Hall–Kier alpha value is -5.58. The Kier molecular flexibility index (Phi) is 6.38. The summed E-state index contributed by atoms with van der Waals surface area (Å²) in [5.41, 5.74) is 2.59. The van der Waals surface area contributed by atoms with E-state index in [0.29, 0.717) is 39.7 Å². The lowest BCUT2D eigenvalue weighted by molar-refractivity contribution is -0.191. The molecule has 0 bridgehead atoms. The van der Waals surface area contributed by atoms with Gasteiger partial charge in [-0.1, -0.05) is 18.1 Å². The molecule has 0 spiro atoms. The van der Waals surface area contributed by atoms with Gasteiger partial charge in [0.25, 0.3) is 0 Å². The molecule has 2 amide bonds. The molecule has 6 rings (SSSR count). The number of imidazole rings is 1. The van der Waals surface area contributed by atoms with Crippen molar-refractivity contribution in [3.05, 3.63) is 83.8 Å². The largest absolute Gasteiger partial charge is 0.491 e. The van der Waals surface area contributed by atoms with Crippen LogP contribution in [-0.4, -0.2) is 50.5 Å². The van der Waals surface area contributed by atoms with Crippen molar-refractivity contribution in [3.63, 3.8) is 0 Å². The molecule has 2 aliphatic rings. The van der Waals surface area contributed by atoms with E-state index in [4.69, 9.17) is 9.47 Å². The summed E-state index contributed by atoms with van der Waals surface area (Å²) in [5.74, 6) is 3.85. The molecule has 4 heterocycles. The molecule has 2 aromatic heterocycles. The Morgan fingerprint density at radius 1 is 1.05 bits per heavy atom. The summed E-state index contributed by atoms with van der Waals surface area (Å²) in [5, 5.41) is 11.7. The fourth-order valence-electron chi connectivity index (χ4n) is 4.18. The first-order valence-corrected chi connectivity index (χ1v) is 12.0. The van der Waals surface area contributed by atoms with Crippen molar-refractivity contribution < 1.29 is 37.0 Å². The number of alkyl halides is 3. The van der Waals surface area contributed by atoms with Crippen molar-refractivity contribution in [2.75, 3.05) is 12.1 Å². The van der Waals surface area contributed by atoms with Crippen LogP contribution in [0.3, 0.4) is 0 Å². The van der Waals surface area contributed by atoms with Gasteiger partial charge in [0.05, 0.1) is 18.7 Å². The Morgan fingerprint density at radius 3 is 2.76 bits per heavy atom. The summed E-state index contributed by atoms with van der Waals surface area (Å²) >= 11 is 0. The number of nitrogens with one attached hydrogen (secondary N) is 1. The number of hydrogen-bond donors (Lipinski definition) is 1. The van der Waals surface area contributed by atoms with Crippen molar-refractivity contribution in [3.8, 4) is 23.3 Å². The zero-order valence-corrected chi connectivity index (χ0v) is 20.8. The standard InChI is InChI=1S/C27H17F3N6O5/c28-27(29,30)25(37)41-24-13-20(17-7-9-21-22(12-17)40-15-39-21)36(34-24)26(38)33-18-4-1-3-16(11-18)6-8-19-14-31-23-5-2-10-32-35(19)23/h1-5,7,9-12,14,20H,13,15H2,(H,33,38). The molecule has 1 atom stereocenters. The number of anilines is 1. The number of ether oxygens (including phenoxy) is 3. The first kappa shape index (κ1) is 25.7. The number of esters is 1. The van der Waals surface area contributed by atoms with E-state index in [1.807, 2.05) is 0 Å². The van der Waals surface area contributed by atoms with Crippen molar-refractivity contribution in [2.45, 2.75) is 18.6 Å². The van der Waals surface area contributed by atoms with Gasteiger partial charge in [-0.3, -0.25) is 0 Å². The third-order valence-electron chi connectivity index (χ3n) is 6.04. The van der Waals surface area contributed by atoms with Gasteiger partial charge < -0.3 is 19.5 Å². The summed E-state index contributed by atoms with van der Waals surface area (Å²) in [4.78, 5) is 29.0. The first-order valence-electron chi connectivity index (χ1n) is 12.0. The molecule has 206 valence electrons. The molecule has 0 saturated carbocycles. The molecule has 0 saturated heterocycles. The molecule has 41 heavy (non-hydrogen) atoms. The highest BCUT2D eigenvalue weighted by Gasteiger charge is 2.44. The maximum atomic E-state index is 13.3. The lowest BCUT2D eigenvalue weighted by Crippen LogP contribution is -2.31. The van der Waals surface area contributed by atoms with Crippen LogP contribution in [0.25, 0.3) is 5.65 Å².